The number of carboxylic acids is 1. The smallest absolute Gasteiger partial charge is 0.225 e. The van der Waals surface area contributed by atoms with E-state index in [2.05, 4.69) is 14.9 Å². The topological polar surface area (TPSA) is 73.6 Å². The van der Waals surface area contributed by atoms with E-state index in [0.717, 1.165) is 44.2 Å². The van der Waals surface area contributed by atoms with Crippen LogP contribution in [-0.2, 0) is 17.8 Å². The average Bonchev–Trinajstić information content (AvgIpc) is 2.58. The molecule has 2 aromatic rings. The molecule has 2 heterocycles. The minimum atomic E-state index is -1.04. The van der Waals surface area contributed by atoms with Gasteiger partial charge in [0.25, 0.3) is 0 Å². The molecule has 1 aromatic carbocycles. The first kappa shape index (κ1) is 15.4. The van der Waals surface area contributed by atoms with Gasteiger partial charge in [-0.2, -0.15) is 0 Å². The molecule has 120 valence electrons. The molecule has 0 unspecified atom stereocenters. The standard InChI is InChI=1S/C17H20N4O2/c22-16(23)12-14-2-4-15(5-3-14)13-20-8-10-21(11-9-20)17-18-6-1-7-19-17/h1-7H,8-13H2,(H,22,23). The molecule has 0 saturated carbocycles. The van der Waals surface area contributed by atoms with Crippen molar-refractivity contribution in [3.05, 3.63) is 53.9 Å². The van der Waals surface area contributed by atoms with Crippen molar-refractivity contribution in [2.75, 3.05) is 31.1 Å². The van der Waals surface area contributed by atoms with Gasteiger partial charge >= 0.3 is 0 Å². The second-order valence-electron chi connectivity index (χ2n) is 5.83. The Kier molecular flexibility index (Phi) is 4.83. The number of aliphatic carboxylic acids is 1. The molecule has 1 fully saturated rings. The highest BCUT2D eigenvalue weighted by molar-refractivity contribution is 5.67. The Hall–Kier alpha value is -2.47. The van der Waals surface area contributed by atoms with Crippen LogP contribution in [0.15, 0.2) is 42.7 Å². The van der Waals surface area contributed by atoms with Crippen molar-refractivity contribution in [1.29, 1.82) is 0 Å². The zero-order chi connectivity index (χ0) is 16.1. The number of carbonyl (C=O) groups excluding carboxylic acids is 1. The lowest BCUT2D eigenvalue weighted by Gasteiger charge is -2.32. The van der Waals surface area contributed by atoms with Gasteiger partial charge in [0.15, 0.2) is 0 Å². The largest absolute Gasteiger partial charge is 0.550 e. The molecule has 0 spiro atoms. The molecule has 1 aromatic heterocycles. The summed E-state index contributed by atoms with van der Waals surface area (Å²) >= 11 is 0. The highest BCUT2D eigenvalue weighted by Gasteiger charge is 2.21. The number of anilines is 1. The van der Waals surface area contributed by atoms with Crippen molar-refractivity contribution in [1.82, 2.24) is 9.97 Å². The van der Waals surface area contributed by atoms with Crippen LogP contribution in [0.4, 0.5) is 5.95 Å². The molecule has 0 atom stereocenters. The summed E-state index contributed by atoms with van der Waals surface area (Å²) in [5, 5.41) is 10.6. The lowest BCUT2D eigenvalue weighted by Crippen LogP contribution is -3.13. The molecule has 3 rings (SSSR count). The quantitative estimate of drug-likeness (QED) is 0.741. The van der Waals surface area contributed by atoms with Gasteiger partial charge in [-0.15, -0.1) is 0 Å². The summed E-state index contributed by atoms with van der Waals surface area (Å²) in [5.41, 5.74) is 2.02. The summed E-state index contributed by atoms with van der Waals surface area (Å²) in [6.07, 6.45) is 3.52. The predicted octanol–water partition coefficient (Wildman–Crippen LogP) is -1.33. The molecule has 1 aliphatic rings. The third-order valence-corrected chi connectivity index (χ3v) is 4.13. The maximum atomic E-state index is 10.6. The number of piperazine rings is 1. The molecule has 23 heavy (non-hydrogen) atoms. The Morgan fingerprint density at radius 1 is 1.09 bits per heavy atom. The van der Waals surface area contributed by atoms with E-state index in [0.29, 0.717) is 0 Å². The van der Waals surface area contributed by atoms with Crippen LogP contribution in [0, 0.1) is 0 Å². The number of nitrogens with zero attached hydrogens (tertiary/aromatic N) is 3. The second kappa shape index (κ2) is 7.19. The Morgan fingerprint density at radius 3 is 2.30 bits per heavy atom. The number of benzene rings is 1. The average molecular weight is 312 g/mol. The Morgan fingerprint density at radius 2 is 1.70 bits per heavy atom. The normalized spacial score (nSPS) is 15.6. The van der Waals surface area contributed by atoms with Crippen LogP contribution >= 0.6 is 0 Å². The van der Waals surface area contributed by atoms with E-state index < -0.39 is 5.97 Å². The SMILES string of the molecule is O=C([O-])Cc1ccc(C[NH+]2CCN(c3ncccn3)CC2)cc1. The number of rotatable bonds is 5. The van der Waals surface area contributed by atoms with E-state index in [9.17, 15) is 9.90 Å². The van der Waals surface area contributed by atoms with E-state index in [1.165, 1.54) is 10.5 Å². The number of hydrogen-bond donors (Lipinski definition) is 1. The fourth-order valence-corrected chi connectivity index (χ4v) is 2.88. The van der Waals surface area contributed by atoms with Gasteiger partial charge in [0.2, 0.25) is 5.95 Å². The molecule has 0 bridgehead atoms. The Balaban J connectivity index is 1.51. The maximum absolute atomic E-state index is 10.6. The van der Waals surface area contributed by atoms with E-state index in [4.69, 9.17) is 0 Å². The maximum Gasteiger partial charge on any atom is 0.225 e. The van der Waals surface area contributed by atoms with Gasteiger partial charge in [0.05, 0.1) is 26.2 Å². The summed E-state index contributed by atoms with van der Waals surface area (Å²) in [6.45, 7) is 4.93. The third-order valence-electron chi connectivity index (χ3n) is 4.13. The number of hydrogen-bond acceptors (Lipinski definition) is 5. The van der Waals surface area contributed by atoms with E-state index in [1.54, 1.807) is 12.4 Å². The van der Waals surface area contributed by atoms with Crippen molar-refractivity contribution < 1.29 is 14.8 Å². The molecule has 6 nitrogen and oxygen atoms in total. The Labute approximate surface area is 135 Å². The van der Waals surface area contributed by atoms with Crippen molar-refractivity contribution in [2.24, 2.45) is 0 Å². The highest BCUT2D eigenvalue weighted by atomic mass is 16.4. The molecule has 6 heteroatoms. The highest BCUT2D eigenvalue weighted by Crippen LogP contribution is 2.06. The van der Waals surface area contributed by atoms with Gasteiger partial charge in [-0.05, 0) is 11.6 Å². The Bertz CT molecular complexity index is 637. The van der Waals surface area contributed by atoms with Gasteiger partial charge in [0, 0.05) is 30.3 Å². The van der Waals surface area contributed by atoms with Crippen LogP contribution in [0.2, 0.25) is 0 Å². The molecule has 0 radical (unpaired) electrons. The monoisotopic (exact) mass is 312 g/mol. The number of carbonyl (C=O) groups is 1. The minimum absolute atomic E-state index is 0.0249. The first-order chi connectivity index (χ1) is 11.2. The van der Waals surface area contributed by atoms with Crippen LogP contribution in [0.3, 0.4) is 0 Å². The second-order valence-corrected chi connectivity index (χ2v) is 5.83. The molecule has 1 N–H and O–H groups in total. The van der Waals surface area contributed by atoms with Crippen LogP contribution in [0.1, 0.15) is 11.1 Å². The zero-order valence-corrected chi connectivity index (χ0v) is 12.9. The predicted molar refractivity (Wildman–Crippen MR) is 83.8 cm³/mol. The summed E-state index contributed by atoms with van der Waals surface area (Å²) in [5.74, 6) is -0.235. The lowest BCUT2D eigenvalue weighted by atomic mass is 10.1. The molecule has 0 amide bonds. The summed E-state index contributed by atoms with van der Waals surface area (Å²) in [6, 6.07) is 9.60. The third kappa shape index (κ3) is 4.26. The molecule has 1 aliphatic heterocycles. The van der Waals surface area contributed by atoms with Crippen LogP contribution in [0.25, 0.3) is 0 Å². The van der Waals surface area contributed by atoms with Crippen LogP contribution in [0.5, 0.6) is 0 Å². The lowest BCUT2D eigenvalue weighted by molar-refractivity contribution is -0.914. The van der Waals surface area contributed by atoms with Crippen molar-refractivity contribution in [2.45, 2.75) is 13.0 Å². The molecule has 1 saturated heterocycles. The number of quaternary nitrogens is 1. The van der Waals surface area contributed by atoms with Crippen LogP contribution in [-0.4, -0.2) is 42.1 Å². The minimum Gasteiger partial charge on any atom is -0.550 e. The van der Waals surface area contributed by atoms with E-state index in [-0.39, 0.29) is 6.42 Å². The van der Waals surface area contributed by atoms with Crippen molar-refractivity contribution in [3.63, 3.8) is 0 Å². The molecular formula is C17H20N4O2. The van der Waals surface area contributed by atoms with Crippen molar-refractivity contribution >= 4 is 11.9 Å². The van der Waals surface area contributed by atoms with Crippen LogP contribution < -0.4 is 14.9 Å². The van der Waals surface area contributed by atoms with Gasteiger partial charge < -0.3 is 19.7 Å². The fraction of sp³-hybridized carbons (Fsp3) is 0.353. The number of aromatic nitrogens is 2. The fourth-order valence-electron chi connectivity index (χ4n) is 2.88. The number of nitrogens with one attached hydrogen (secondary N) is 1. The van der Waals surface area contributed by atoms with Gasteiger partial charge in [-0.3, -0.25) is 0 Å². The molecule has 0 aliphatic carbocycles. The number of carboxylic acid groups (broad SMARTS) is 1. The summed E-state index contributed by atoms with van der Waals surface area (Å²) < 4.78 is 0. The first-order valence-electron chi connectivity index (χ1n) is 7.84. The first-order valence-corrected chi connectivity index (χ1v) is 7.84. The van der Waals surface area contributed by atoms with E-state index in [1.807, 2.05) is 30.3 Å². The van der Waals surface area contributed by atoms with Gasteiger partial charge in [0.1, 0.15) is 6.54 Å². The summed E-state index contributed by atoms with van der Waals surface area (Å²) in [4.78, 5) is 22.9. The van der Waals surface area contributed by atoms with Crippen molar-refractivity contribution in [3.8, 4) is 0 Å². The van der Waals surface area contributed by atoms with Gasteiger partial charge in [-0.1, -0.05) is 24.3 Å². The van der Waals surface area contributed by atoms with E-state index >= 15 is 0 Å². The zero-order valence-electron chi connectivity index (χ0n) is 12.9. The summed E-state index contributed by atoms with van der Waals surface area (Å²) in [7, 11) is 0. The molecular weight excluding hydrogens is 292 g/mol. The van der Waals surface area contributed by atoms with Gasteiger partial charge in [-0.25, -0.2) is 9.97 Å².